The highest BCUT2D eigenvalue weighted by molar-refractivity contribution is 7.89. The molecule has 1 fully saturated rings. The number of nitrogens with zero attached hydrogens (tertiary/aromatic N) is 1. The first-order chi connectivity index (χ1) is 11.6. The van der Waals surface area contributed by atoms with E-state index in [0.717, 1.165) is 32.5 Å². The van der Waals surface area contributed by atoms with E-state index in [1.54, 1.807) is 24.3 Å². The Bertz CT molecular complexity index is 724. The van der Waals surface area contributed by atoms with Crippen LogP contribution in [-0.4, -0.2) is 33.0 Å². The zero-order valence-electron chi connectivity index (χ0n) is 13.8. The largest absolute Gasteiger partial charge is 0.299 e. The smallest absolute Gasteiger partial charge is 0.240 e. The third kappa shape index (κ3) is 4.66. The van der Waals surface area contributed by atoms with Gasteiger partial charge in [0.15, 0.2) is 0 Å². The fraction of sp³-hybridized carbons (Fsp3) is 0.368. The van der Waals surface area contributed by atoms with Gasteiger partial charge in [-0.3, -0.25) is 4.90 Å². The molecule has 3 rings (SSSR count). The van der Waals surface area contributed by atoms with Crippen LogP contribution in [-0.2, 0) is 16.6 Å². The van der Waals surface area contributed by atoms with Crippen LogP contribution in [0.4, 0.5) is 0 Å². The minimum Gasteiger partial charge on any atom is -0.299 e. The first-order valence-corrected chi connectivity index (χ1v) is 9.93. The van der Waals surface area contributed by atoms with E-state index in [1.165, 1.54) is 5.56 Å². The van der Waals surface area contributed by atoms with E-state index in [2.05, 4.69) is 33.9 Å². The molecule has 0 spiro atoms. The van der Waals surface area contributed by atoms with Crippen LogP contribution < -0.4 is 4.72 Å². The number of likely N-dealkylation sites (tertiary alicyclic amines) is 1. The van der Waals surface area contributed by atoms with Crippen molar-refractivity contribution in [3.63, 3.8) is 0 Å². The van der Waals surface area contributed by atoms with Gasteiger partial charge in [-0.05, 0) is 49.5 Å². The van der Waals surface area contributed by atoms with Crippen molar-refractivity contribution >= 4 is 10.0 Å². The summed E-state index contributed by atoms with van der Waals surface area (Å²) < 4.78 is 27.3. The second-order valence-corrected chi connectivity index (χ2v) is 8.14. The van der Waals surface area contributed by atoms with Gasteiger partial charge < -0.3 is 0 Å². The van der Waals surface area contributed by atoms with Gasteiger partial charge >= 0.3 is 0 Å². The van der Waals surface area contributed by atoms with Gasteiger partial charge in [0, 0.05) is 13.1 Å². The van der Waals surface area contributed by atoms with E-state index in [9.17, 15) is 8.42 Å². The lowest BCUT2D eigenvalue weighted by Gasteiger charge is -2.32. The van der Waals surface area contributed by atoms with E-state index < -0.39 is 10.0 Å². The molecule has 1 aliphatic rings. The predicted octanol–water partition coefficient (Wildman–Crippen LogP) is 2.88. The maximum absolute atomic E-state index is 12.3. The monoisotopic (exact) mass is 344 g/mol. The molecule has 0 atom stereocenters. The summed E-state index contributed by atoms with van der Waals surface area (Å²) in [7, 11) is -3.39. The Labute approximate surface area is 144 Å². The molecule has 0 saturated carbocycles. The van der Waals surface area contributed by atoms with Crippen LogP contribution in [0.15, 0.2) is 65.6 Å². The summed E-state index contributed by atoms with van der Waals surface area (Å²) in [6.45, 7) is 3.54. The van der Waals surface area contributed by atoms with Crippen LogP contribution in [0.5, 0.6) is 0 Å². The number of nitrogens with one attached hydrogen (secondary N) is 1. The molecular weight excluding hydrogens is 320 g/mol. The second kappa shape index (κ2) is 7.92. The van der Waals surface area contributed by atoms with E-state index in [-0.39, 0.29) is 0 Å². The van der Waals surface area contributed by atoms with Gasteiger partial charge in [0.2, 0.25) is 10.0 Å². The normalized spacial score (nSPS) is 17.0. The predicted molar refractivity (Wildman–Crippen MR) is 96.1 cm³/mol. The Hall–Kier alpha value is -1.69. The lowest BCUT2D eigenvalue weighted by molar-refractivity contribution is 0.178. The number of piperidine rings is 1. The van der Waals surface area contributed by atoms with Gasteiger partial charge in [0.05, 0.1) is 4.90 Å². The molecule has 0 radical (unpaired) electrons. The van der Waals surface area contributed by atoms with Gasteiger partial charge in [-0.2, -0.15) is 0 Å². The summed E-state index contributed by atoms with van der Waals surface area (Å²) in [4.78, 5) is 2.78. The second-order valence-electron chi connectivity index (χ2n) is 6.37. The molecule has 128 valence electrons. The molecule has 24 heavy (non-hydrogen) atoms. The van der Waals surface area contributed by atoms with Crippen molar-refractivity contribution in [2.45, 2.75) is 24.3 Å². The van der Waals surface area contributed by atoms with Crippen molar-refractivity contribution < 1.29 is 8.42 Å². The molecule has 0 amide bonds. The Morgan fingerprint density at radius 3 is 2.12 bits per heavy atom. The van der Waals surface area contributed by atoms with Gasteiger partial charge in [0.1, 0.15) is 0 Å². The zero-order valence-corrected chi connectivity index (χ0v) is 14.6. The fourth-order valence-corrected chi connectivity index (χ4v) is 4.24. The third-order valence-corrected chi connectivity index (χ3v) is 6.01. The van der Waals surface area contributed by atoms with Crippen molar-refractivity contribution in [2.24, 2.45) is 5.92 Å². The quantitative estimate of drug-likeness (QED) is 0.877. The molecule has 2 aromatic rings. The van der Waals surface area contributed by atoms with Crippen LogP contribution in [0.3, 0.4) is 0 Å². The van der Waals surface area contributed by atoms with Crippen molar-refractivity contribution in [3.8, 4) is 0 Å². The Morgan fingerprint density at radius 2 is 1.50 bits per heavy atom. The summed E-state index contributed by atoms with van der Waals surface area (Å²) in [6.07, 6.45) is 2.06. The summed E-state index contributed by atoms with van der Waals surface area (Å²) >= 11 is 0. The summed E-state index contributed by atoms with van der Waals surface area (Å²) in [6, 6.07) is 19.1. The van der Waals surface area contributed by atoms with Crippen molar-refractivity contribution in [2.75, 3.05) is 19.6 Å². The fourth-order valence-electron chi connectivity index (χ4n) is 3.10. The molecule has 1 heterocycles. The maximum Gasteiger partial charge on any atom is 0.240 e. The topological polar surface area (TPSA) is 49.4 Å². The van der Waals surface area contributed by atoms with Gasteiger partial charge in [0.25, 0.3) is 0 Å². The van der Waals surface area contributed by atoms with E-state index >= 15 is 0 Å². The molecule has 0 bridgehead atoms. The van der Waals surface area contributed by atoms with Gasteiger partial charge in [-0.1, -0.05) is 48.5 Å². The third-order valence-electron chi connectivity index (χ3n) is 4.57. The van der Waals surface area contributed by atoms with Crippen LogP contribution in [0.2, 0.25) is 0 Å². The maximum atomic E-state index is 12.3. The zero-order chi connectivity index (χ0) is 16.8. The number of hydrogen-bond donors (Lipinski definition) is 1. The molecule has 1 aliphatic heterocycles. The highest BCUT2D eigenvalue weighted by Gasteiger charge is 2.21. The first kappa shape index (κ1) is 17.1. The number of rotatable bonds is 6. The number of hydrogen-bond acceptors (Lipinski definition) is 3. The van der Waals surface area contributed by atoms with Crippen LogP contribution in [0, 0.1) is 5.92 Å². The highest BCUT2D eigenvalue weighted by Crippen LogP contribution is 2.19. The summed E-state index contributed by atoms with van der Waals surface area (Å²) in [5.74, 6) is 0.413. The molecule has 1 saturated heterocycles. The van der Waals surface area contributed by atoms with Crippen LogP contribution in [0.1, 0.15) is 18.4 Å². The SMILES string of the molecule is O=S(=O)(NCC1CCN(Cc2ccccc2)CC1)c1ccccc1. The lowest BCUT2D eigenvalue weighted by Crippen LogP contribution is -2.38. The van der Waals surface area contributed by atoms with E-state index in [1.807, 2.05) is 12.1 Å². The van der Waals surface area contributed by atoms with Crippen LogP contribution >= 0.6 is 0 Å². The Kier molecular flexibility index (Phi) is 5.66. The molecule has 2 aromatic carbocycles. The molecular formula is C19H24N2O2S. The van der Waals surface area contributed by atoms with Gasteiger partial charge in [-0.15, -0.1) is 0 Å². The minimum atomic E-state index is -3.39. The van der Waals surface area contributed by atoms with Crippen molar-refractivity contribution in [1.29, 1.82) is 0 Å². The van der Waals surface area contributed by atoms with Crippen LogP contribution in [0.25, 0.3) is 0 Å². The standard InChI is InChI=1S/C19H24N2O2S/c22-24(23,19-9-5-2-6-10-19)20-15-17-11-13-21(14-12-17)16-18-7-3-1-4-8-18/h1-10,17,20H,11-16H2. The van der Waals surface area contributed by atoms with E-state index in [4.69, 9.17) is 0 Å². The highest BCUT2D eigenvalue weighted by atomic mass is 32.2. The van der Waals surface area contributed by atoms with Crippen molar-refractivity contribution in [3.05, 3.63) is 66.2 Å². The Balaban J connectivity index is 1.46. The van der Waals surface area contributed by atoms with Crippen molar-refractivity contribution in [1.82, 2.24) is 9.62 Å². The molecule has 0 aliphatic carbocycles. The molecule has 0 unspecified atom stereocenters. The van der Waals surface area contributed by atoms with E-state index in [0.29, 0.717) is 17.4 Å². The molecule has 4 nitrogen and oxygen atoms in total. The number of sulfonamides is 1. The summed E-state index contributed by atoms with van der Waals surface area (Å²) in [5.41, 5.74) is 1.33. The molecule has 1 N–H and O–H groups in total. The average Bonchev–Trinajstić information content (AvgIpc) is 2.63. The van der Waals surface area contributed by atoms with Gasteiger partial charge in [-0.25, -0.2) is 13.1 Å². The Morgan fingerprint density at radius 1 is 0.917 bits per heavy atom. The molecule has 5 heteroatoms. The average molecular weight is 344 g/mol. The molecule has 0 aromatic heterocycles. The lowest BCUT2D eigenvalue weighted by atomic mass is 9.97. The number of benzene rings is 2. The first-order valence-electron chi connectivity index (χ1n) is 8.44. The minimum absolute atomic E-state index is 0.339. The summed E-state index contributed by atoms with van der Waals surface area (Å²) in [5, 5.41) is 0.